The number of hydrogen-bond donors (Lipinski definition) is 3. The number of quaternary nitrogens is 1. The largest absolute Gasteiger partial charge is 0.490 e. The first-order valence-electron chi connectivity index (χ1n) is 11.1. The molecule has 0 spiro atoms. The van der Waals surface area contributed by atoms with Gasteiger partial charge in [-0.25, -0.2) is 0 Å². The zero-order chi connectivity index (χ0) is 24.9. The predicted octanol–water partition coefficient (Wildman–Crippen LogP) is 2.41. The van der Waals surface area contributed by atoms with E-state index in [0.717, 1.165) is 26.9 Å². The molecule has 0 amide bonds. The van der Waals surface area contributed by atoms with Gasteiger partial charge in [-0.2, -0.15) is 0 Å². The van der Waals surface area contributed by atoms with Gasteiger partial charge in [0.2, 0.25) is 0 Å². The minimum atomic E-state index is -0.745. The molecule has 0 bridgehead atoms. The summed E-state index contributed by atoms with van der Waals surface area (Å²) in [5.74, 6) is 0.246. The number of benzene rings is 2. The Hall–Kier alpha value is -3.43. The zero-order valence-corrected chi connectivity index (χ0v) is 20.0. The third-order valence-electron chi connectivity index (χ3n) is 5.85. The molecule has 0 saturated carbocycles. The molecule has 9 heteroatoms. The fourth-order valence-corrected chi connectivity index (χ4v) is 3.86. The quantitative estimate of drug-likeness (QED) is 0.238. The van der Waals surface area contributed by atoms with Crippen LogP contribution in [0.1, 0.15) is 31.9 Å². The summed E-state index contributed by atoms with van der Waals surface area (Å²) in [7, 11) is 1.35. The van der Waals surface area contributed by atoms with Gasteiger partial charge in [0.1, 0.15) is 31.5 Å². The summed E-state index contributed by atoms with van der Waals surface area (Å²) in [5, 5.41) is 22.5. The van der Waals surface area contributed by atoms with Crippen LogP contribution in [0, 0.1) is 10.1 Å². The number of nitrogens with one attached hydrogen (secondary N) is 2. The maximum Gasteiger partial charge on any atom is 0.310 e. The van der Waals surface area contributed by atoms with Crippen LogP contribution in [-0.4, -0.2) is 52.9 Å². The molecule has 3 aromatic rings. The number of carbonyl (C=O) groups excluding carboxylic acids is 1. The van der Waals surface area contributed by atoms with E-state index in [2.05, 4.69) is 25.8 Å². The molecule has 0 aliphatic carbocycles. The van der Waals surface area contributed by atoms with Crippen molar-refractivity contribution in [3.63, 3.8) is 0 Å². The van der Waals surface area contributed by atoms with Gasteiger partial charge in [0.05, 0.1) is 24.0 Å². The van der Waals surface area contributed by atoms with Crippen LogP contribution in [0.25, 0.3) is 10.9 Å². The SMILES string of the molecule is COC(=O)Cc1c[nH]c2cccc(OC[C@@H](O)C[NH+](Cc3ccc([N+](=O)[O-])cc3)C(C)(C)C)c12. The first kappa shape index (κ1) is 25.2. The van der Waals surface area contributed by atoms with E-state index in [4.69, 9.17) is 9.47 Å². The Bertz CT molecular complexity index is 1130. The van der Waals surface area contributed by atoms with E-state index >= 15 is 0 Å². The number of esters is 1. The first-order chi connectivity index (χ1) is 16.1. The monoisotopic (exact) mass is 470 g/mol. The number of fused-ring (bicyclic) bond motifs is 1. The summed E-state index contributed by atoms with van der Waals surface area (Å²) < 4.78 is 10.8. The minimum Gasteiger partial charge on any atom is -0.490 e. The molecule has 2 atom stereocenters. The molecule has 1 aromatic heterocycles. The zero-order valence-electron chi connectivity index (χ0n) is 20.0. The predicted molar refractivity (Wildman–Crippen MR) is 128 cm³/mol. The summed E-state index contributed by atoms with van der Waals surface area (Å²) in [5.41, 5.74) is 2.45. The van der Waals surface area contributed by atoms with Gasteiger partial charge in [0.15, 0.2) is 0 Å². The molecular weight excluding hydrogens is 438 g/mol. The van der Waals surface area contributed by atoms with Gasteiger partial charge in [-0.1, -0.05) is 6.07 Å². The summed E-state index contributed by atoms with van der Waals surface area (Å²) in [6.07, 6.45) is 1.14. The summed E-state index contributed by atoms with van der Waals surface area (Å²) >= 11 is 0. The second kappa shape index (κ2) is 10.7. The molecule has 0 saturated heterocycles. The lowest BCUT2D eigenvalue weighted by molar-refractivity contribution is -0.962. The van der Waals surface area contributed by atoms with Gasteiger partial charge in [0, 0.05) is 34.8 Å². The van der Waals surface area contributed by atoms with Crippen LogP contribution in [0.2, 0.25) is 0 Å². The van der Waals surface area contributed by atoms with E-state index in [1.165, 1.54) is 19.2 Å². The highest BCUT2D eigenvalue weighted by molar-refractivity contribution is 5.92. The Morgan fingerprint density at radius 3 is 2.53 bits per heavy atom. The molecule has 1 heterocycles. The standard InChI is InChI=1S/C25H31N3O6/c1-25(2,3)27(14-17-8-10-19(11-9-17)28(31)32)15-20(29)16-34-22-7-5-6-21-24(22)18(13-26-21)12-23(30)33-4/h5-11,13,20,26,29H,12,14-16H2,1-4H3/p+1/t20-/m0/s1. The van der Waals surface area contributed by atoms with Gasteiger partial charge in [0.25, 0.3) is 5.69 Å². The van der Waals surface area contributed by atoms with Crippen molar-refractivity contribution in [2.75, 3.05) is 20.3 Å². The van der Waals surface area contributed by atoms with E-state index in [9.17, 15) is 20.0 Å². The van der Waals surface area contributed by atoms with Crippen LogP contribution >= 0.6 is 0 Å². The Morgan fingerprint density at radius 2 is 1.91 bits per heavy atom. The lowest BCUT2D eigenvalue weighted by atomic mass is 10.0. The third kappa shape index (κ3) is 6.33. The van der Waals surface area contributed by atoms with Gasteiger partial charge >= 0.3 is 5.97 Å². The Balaban J connectivity index is 1.69. The first-order valence-corrected chi connectivity index (χ1v) is 11.1. The van der Waals surface area contributed by atoms with Crippen molar-refractivity contribution in [1.29, 1.82) is 0 Å². The average molecular weight is 471 g/mol. The number of methoxy groups -OCH3 is 1. The fraction of sp³-hybridized carbons (Fsp3) is 0.400. The number of aromatic amines is 1. The van der Waals surface area contributed by atoms with E-state index in [-0.39, 0.29) is 30.2 Å². The van der Waals surface area contributed by atoms with E-state index in [1.54, 1.807) is 18.3 Å². The van der Waals surface area contributed by atoms with Crippen molar-refractivity contribution in [2.45, 2.75) is 45.4 Å². The Morgan fingerprint density at radius 1 is 1.21 bits per heavy atom. The number of nitro groups is 1. The van der Waals surface area contributed by atoms with Crippen LogP contribution in [-0.2, 0) is 22.5 Å². The van der Waals surface area contributed by atoms with Crippen molar-refractivity contribution >= 4 is 22.6 Å². The molecule has 1 unspecified atom stereocenters. The topological polar surface area (TPSA) is 119 Å². The number of hydrogen-bond acceptors (Lipinski definition) is 6. The number of carbonyl (C=O) groups is 1. The van der Waals surface area contributed by atoms with E-state index < -0.39 is 11.0 Å². The van der Waals surface area contributed by atoms with Crippen LogP contribution in [0.15, 0.2) is 48.7 Å². The maximum atomic E-state index is 11.8. The summed E-state index contributed by atoms with van der Waals surface area (Å²) in [4.78, 5) is 26.5. The van der Waals surface area contributed by atoms with Crippen molar-refractivity contribution in [2.24, 2.45) is 0 Å². The number of ether oxygens (including phenoxy) is 2. The van der Waals surface area contributed by atoms with Crippen LogP contribution in [0.4, 0.5) is 5.69 Å². The van der Waals surface area contributed by atoms with Crippen LogP contribution in [0.3, 0.4) is 0 Å². The molecule has 2 aromatic carbocycles. The number of rotatable bonds is 10. The van der Waals surface area contributed by atoms with Crippen molar-refractivity contribution in [3.8, 4) is 5.75 Å². The molecule has 0 fully saturated rings. The Kier molecular flexibility index (Phi) is 7.90. The average Bonchev–Trinajstić information content (AvgIpc) is 3.20. The van der Waals surface area contributed by atoms with Crippen molar-refractivity contribution in [3.05, 3.63) is 69.9 Å². The van der Waals surface area contributed by atoms with Gasteiger partial charge < -0.3 is 24.5 Å². The van der Waals surface area contributed by atoms with Gasteiger partial charge in [-0.05, 0) is 50.6 Å². The van der Waals surface area contributed by atoms with Crippen LogP contribution < -0.4 is 9.64 Å². The van der Waals surface area contributed by atoms with Crippen molar-refractivity contribution < 1.29 is 29.2 Å². The smallest absolute Gasteiger partial charge is 0.310 e. The molecule has 34 heavy (non-hydrogen) atoms. The molecule has 182 valence electrons. The number of aliphatic hydroxyl groups is 1. The lowest BCUT2D eigenvalue weighted by Crippen LogP contribution is -3.18. The molecular formula is C25H32N3O6+. The normalized spacial score (nSPS) is 13.4. The van der Waals surface area contributed by atoms with Gasteiger partial charge in [-0.3, -0.25) is 14.9 Å². The molecule has 0 aliphatic rings. The number of nitrogens with zero attached hydrogens (tertiary/aromatic N) is 1. The number of aliphatic hydroxyl groups excluding tert-OH is 1. The highest BCUT2D eigenvalue weighted by Gasteiger charge is 2.28. The fourth-order valence-electron chi connectivity index (χ4n) is 3.86. The van der Waals surface area contributed by atoms with Crippen molar-refractivity contribution in [1.82, 2.24) is 4.98 Å². The molecule has 3 N–H and O–H groups in total. The second-order valence-corrected chi connectivity index (χ2v) is 9.37. The number of H-pyrrole nitrogens is 1. The molecule has 3 rings (SSSR count). The molecule has 0 aliphatic heterocycles. The summed E-state index contributed by atoms with van der Waals surface area (Å²) in [6, 6.07) is 12.1. The number of non-ortho nitro benzene ring substituents is 1. The Labute approximate surface area is 198 Å². The van der Waals surface area contributed by atoms with E-state index in [1.807, 2.05) is 18.2 Å². The highest BCUT2D eigenvalue weighted by Crippen LogP contribution is 2.29. The minimum absolute atomic E-state index is 0.0556. The van der Waals surface area contributed by atoms with E-state index in [0.29, 0.717) is 18.8 Å². The molecule has 0 radical (unpaired) electrons. The second-order valence-electron chi connectivity index (χ2n) is 9.37. The lowest BCUT2D eigenvalue weighted by Gasteiger charge is -2.34. The maximum absolute atomic E-state index is 11.8. The highest BCUT2D eigenvalue weighted by atomic mass is 16.6. The third-order valence-corrected chi connectivity index (χ3v) is 5.85. The van der Waals surface area contributed by atoms with Crippen LogP contribution in [0.5, 0.6) is 5.75 Å². The summed E-state index contributed by atoms with van der Waals surface area (Å²) in [6.45, 7) is 7.37. The number of aromatic nitrogens is 1. The van der Waals surface area contributed by atoms with Gasteiger partial charge in [-0.15, -0.1) is 0 Å². The number of nitro benzene ring substituents is 1. The molecule has 9 nitrogen and oxygen atoms in total.